The van der Waals surface area contributed by atoms with Crippen LogP contribution in [-0.2, 0) is 0 Å². The number of H-pyrrole nitrogens is 1. The SMILES string of the molecule is COc1ccc2c([nH]c3c(OC)c(OC)ccc32)c1OC. The summed E-state index contributed by atoms with van der Waals surface area (Å²) >= 11 is 0. The lowest BCUT2D eigenvalue weighted by molar-refractivity contribution is 0.357. The average molecular weight is 287 g/mol. The molecule has 0 saturated carbocycles. The highest BCUT2D eigenvalue weighted by Gasteiger charge is 2.17. The lowest BCUT2D eigenvalue weighted by Gasteiger charge is -2.07. The predicted octanol–water partition coefficient (Wildman–Crippen LogP) is 3.36. The van der Waals surface area contributed by atoms with Crippen molar-refractivity contribution < 1.29 is 18.9 Å². The summed E-state index contributed by atoms with van der Waals surface area (Å²) in [7, 11) is 6.49. The number of methoxy groups -OCH3 is 4. The quantitative estimate of drug-likeness (QED) is 0.799. The van der Waals surface area contributed by atoms with Crippen LogP contribution in [0.3, 0.4) is 0 Å². The zero-order valence-corrected chi connectivity index (χ0v) is 12.4. The second-order valence-corrected chi connectivity index (χ2v) is 4.57. The van der Waals surface area contributed by atoms with Gasteiger partial charge in [-0.1, -0.05) is 0 Å². The first kappa shape index (κ1) is 13.4. The van der Waals surface area contributed by atoms with Gasteiger partial charge in [0, 0.05) is 10.8 Å². The van der Waals surface area contributed by atoms with Crippen LogP contribution in [0.4, 0.5) is 0 Å². The summed E-state index contributed by atoms with van der Waals surface area (Å²) in [5, 5.41) is 2.09. The van der Waals surface area contributed by atoms with Crippen LogP contribution in [0.5, 0.6) is 23.0 Å². The molecule has 0 radical (unpaired) electrons. The third-order valence-electron chi connectivity index (χ3n) is 3.63. The Labute approximate surface area is 122 Å². The molecule has 0 aliphatic rings. The summed E-state index contributed by atoms with van der Waals surface area (Å²) in [5.41, 5.74) is 1.75. The van der Waals surface area contributed by atoms with Crippen molar-refractivity contribution in [2.45, 2.75) is 0 Å². The van der Waals surface area contributed by atoms with Crippen LogP contribution in [0, 0.1) is 0 Å². The Balaban J connectivity index is 2.44. The topological polar surface area (TPSA) is 52.7 Å². The number of benzene rings is 2. The molecule has 0 fully saturated rings. The van der Waals surface area contributed by atoms with Crippen LogP contribution in [0.15, 0.2) is 24.3 Å². The molecule has 1 N–H and O–H groups in total. The number of aromatic amines is 1. The molecule has 0 aliphatic heterocycles. The van der Waals surface area contributed by atoms with E-state index in [4.69, 9.17) is 18.9 Å². The molecule has 2 aromatic carbocycles. The van der Waals surface area contributed by atoms with E-state index in [0.717, 1.165) is 21.8 Å². The zero-order chi connectivity index (χ0) is 15.0. The summed E-state index contributed by atoms with van der Waals surface area (Å²) in [4.78, 5) is 3.36. The summed E-state index contributed by atoms with van der Waals surface area (Å²) < 4.78 is 21.6. The molecular formula is C16H17NO4. The number of ether oxygens (including phenoxy) is 4. The molecule has 5 heteroatoms. The monoisotopic (exact) mass is 287 g/mol. The summed E-state index contributed by atoms with van der Waals surface area (Å²) in [6, 6.07) is 7.79. The van der Waals surface area contributed by atoms with Crippen molar-refractivity contribution in [3.63, 3.8) is 0 Å². The Hall–Kier alpha value is -2.56. The van der Waals surface area contributed by atoms with Crippen LogP contribution < -0.4 is 18.9 Å². The van der Waals surface area contributed by atoms with Gasteiger partial charge in [0.15, 0.2) is 23.0 Å². The van der Waals surface area contributed by atoms with E-state index in [9.17, 15) is 0 Å². The molecular weight excluding hydrogens is 270 g/mol. The highest BCUT2D eigenvalue weighted by atomic mass is 16.5. The van der Waals surface area contributed by atoms with Gasteiger partial charge >= 0.3 is 0 Å². The lowest BCUT2D eigenvalue weighted by Crippen LogP contribution is -1.91. The minimum Gasteiger partial charge on any atom is -0.493 e. The van der Waals surface area contributed by atoms with Crippen LogP contribution >= 0.6 is 0 Å². The number of hydrogen-bond donors (Lipinski definition) is 1. The van der Waals surface area contributed by atoms with E-state index >= 15 is 0 Å². The maximum atomic E-state index is 5.48. The highest BCUT2D eigenvalue weighted by Crippen LogP contribution is 2.43. The molecule has 5 nitrogen and oxygen atoms in total. The van der Waals surface area contributed by atoms with Crippen LogP contribution in [0.25, 0.3) is 21.8 Å². The third kappa shape index (κ3) is 1.85. The highest BCUT2D eigenvalue weighted by molar-refractivity contribution is 6.12. The number of fused-ring (bicyclic) bond motifs is 3. The molecule has 3 rings (SSSR count). The van der Waals surface area contributed by atoms with Gasteiger partial charge in [-0.25, -0.2) is 0 Å². The first-order chi connectivity index (χ1) is 10.2. The minimum absolute atomic E-state index is 0.673. The molecule has 3 aromatic rings. The summed E-state index contributed by atoms with van der Waals surface area (Å²) in [5.74, 6) is 2.71. The van der Waals surface area contributed by atoms with Crippen molar-refractivity contribution in [1.82, 2.24) is 4.98 Å². The number of rotatable bonds is 4. The Morgan fingerprint density at radius 2 is 1.05 bits per heavy atom. The fourth-order valence-corrected chi connectivity index (χ4v) is 2.68. The molecule has 1 aromatic heterocycles. The van der Waals surface area contributed by atoms with Crippen LogP contribution in [0.2, 0.25) is 0 Å². The minimum atomic E-state index is 0.673. The van der Waals surface area contributed by atoms with Crippen molar-refractivity contribution in [3.05, 3.63) is 24.3 Å². The fraction of sp³-hybridized carbons (Fsp3) is 0.250. The number of aromatic nitrogens is 1. The number of hydrogen-bond acceptors (Lipinski definition) is 4. The van der Waals surface area contributed by atoms with Crippen molar-refractivity contribution in [2.24, 2.45) is 0 Å². The maximum Gasteiger partial charge on any atom is 0.184 e. The van der Waals surface area contributed by atoms with E-state index in [1.807, 2.05) is 24.3 Å². The second kappa shape index (κ2) is 5.09. The smallest absolute Gasteiger partial charge is 0.184 e. The van der Waals surface area contributed by atoms with Crippen molar-refractivity contribution in [1.29, 1.82) is 0 Å². The van der Waals surface area contributed by atoms with Gasteiger partial charge in [-0.2, -0.15) is 0 Å². The standard InChI is InChI=1S/C16H17NO4/c1-18-11-7-5-9-10-6-8-12(19-2)16(21-4)14(10)17-13(9)15(11)20-3/h5-8,17H,1-4H3. The van der Waals surface area contributed by atoms with E-state index in [0.29, 0.717) is 23.0 Å². The Bertz CT molecular complexity index is 741. The lowest BCUT2D eigenvalue weighted by atomic mass is 10.1. The molecule has 0 saturated heterocycles. The zero-order valence-electron chi connectivity index (χ0n) is 12.4. The van der Waals surface area contributed by atoms with Gasteiger partial charge in [0.1, 0.15) is 0 Å². The molecule has 0 amide bonds. The van der Waals surface area contributed by atoms with Crippen LogP contribution in [0.1, 0.15) is 0 Å². The van der Waals surface area contributed by atoms with Gasteiger partial charge in [-0.3, -0.25) is 0 Å². The molecule has 21 heavy (non-hydrogen) atoms. The first-order valence-electron chi connectivity index (χ1n) is 6.52. The average Bonchev–Trinajstić information content (AvgIpc) is 2.91. The van der Waals surface area contributed by atoms with Gasteiger partial charge in [0.25, 0.3) is 0 Å². The molecule has 0 spiro atoms. The Kier molecular flexibility index (Phi) is 3.25. The fourth-order valence-electron chi connectivity index (χ4n) is 2.68. The van der Waals surface area contributed by atoms with E-state index in [1.165, 1.54) is 0 Å². The Morgan fingerprint density at radius 1 is 0.619 bits per heavy atom. The normalized spacial score (nSPS) is 10.9. The van der Waals surface area contributed by atoms with Gasteiger partial charge in [-0.05, 0) is 24.3 Å². The molecule has 0 unspecified atom stereocenters. The van der Waals surface area contributed by atoms with Gasteiger partial charge in [-0.15, -0.1) is 0 Å². The van der Waals surface area contributed by atoms with Gasteiger partial charge in [0.05, 0.1) is 39.5 Å². The number of nitrogens with one attached hydrogen (secondary N) is 1. The van der Waals surface area contributed by atoms with E-state index in [1.54, 1.807) is 28.4 Å². The third-order valence-corrected chi connectivity index (χ3v) is 3.63. The molecule has 110 valence electrons. The van der Waals surface area contributed by atoms with Crippen molar-refractivity contribution in [3.8, 4) is 23.0 Å². The molecule has 0 bridgehead atoms. The Morgan fingerprint density at radius 3 is 1.38 bits per heavy atom. The van der Waals surface area contributed by atoms with E-state index < -0.39 is 0 Å². The molecule has 1 heterocycles. The van der Waals surface area contributed by atoms with Crippen LogP contribution in [-0.4, -0.2) is 33.4 Å². The summed E-state index contributed by atoms with van der Waals surface area (Å²) in [6.07, 6.45) is 0. The van der Waals surface area contributed by atoms with E-state index in [-0.39, 0.29) is 0 Å². The summed E-state index contributed by atoms with van der Waals surface area (Å²) in [6.45, 7) is 0. The second-order valence-electron chi connectivity index (χ2n) is 4.57. The first-order valence-corrected chi connectivity index (χ1v) is 6.52. The van der Waals surface area contributed by atoms with Gasteiger partial charge < -0.3 is 23.9 Å². The molecule has 0 atom stereocenters. The van der Waals surface area contributed by atoms with E-state index in [2.05, 4.69) is 4.98 Å². The molecule has 0 aliphatic carbocycles. The van der Waals surface area contributed by atoms with Crippen molar-refractivity contribution >= 4 is 21.8 Å². The van der Waals surface area contributed by atoms with Gasteiger partial charge in [0.2, 0.25) is 0 Å². The maximum absolute atomic E-state index is 5.48. The largest absolute Gasteiger partial charge is 0.493 e. The predicted molar refractivity (Wildman–Crippen MR) is 82.0 cm³/mol. The van der Waals surface area contributed by atoms with Crippen molar-refractivity contribution in [2.75, 3.05) is 28.4 Å².